The Morgan fingerprint density at radius 2 is 0.952 bits per heavy atom. The summed E-state index contributed by atoms with van der Waals surface area (Å²) in [6, 6.07) is 41.4. The molecule has 0 fully saturated rings. The van der Waals surface area contributed by atoms with E-state index in [9.17, 15) is 4.79 Å². The molecule has 0 N–H and O–H groups in total. The van der Waals surface area contributed by atoms with Gasteiger partial charge in [-0.2, -0.15) is 0 Å². The Hall–Kier alpha value is -4.43. The monoisotopic (exact) mass is 552 g/mol. The standard InChI is InChI=1S/C40H40O2/c1-4-6-7-30(5-2)28-42-39-26-24-38(25-27-39)40(41)37-22-20-36(21-23-37)35-18-16-34(17-19-35)33-14-12-32(13-15-33)31-10-8-29(3)9-11-31/h8-27,30H,4-7,28H2,1-3H3. The summed E-state index contributed by atoms with van der Waals surface area (Å²) in [4.78, 5) is 13.1. The number of ketones is 1. The SMILES string of the molecule is CCCCC(CC)COc1ccc(C(=O)c2ccc(-c3ccc(-c4ccc(-c5ccc(C)cc5)cc4)cc3)cc2)cc1. The van der Waals surface area contributed by atoms with Gasteiger partial charge in [-0.3, -0.25) is 4.79 Å². The molecule has 0 spiro atoms. The van der Waals surface area contributed by atoms with Gasteiger partial charge in [0.2, 0.25) is 0 Å². The topological polar surface area (TPSA) is 26.3 Å². The van der Waals surface area contributed by atoms with Crippen molar-refractivity contribution in [1.82, 2.24) is 0 Å². The van der Waals surface area contributed by atoms with E-state index in [-0.39, 0.29) is 5.78 Å². The molecular weight excluding hydrogens is 512 g/mol. The lowest BCUT2D eigenvalue weighted by molar-refractivity contribution is 0.103. The van der Waals surface area contributed by atoms with Crippen LogP contribution in [-0.2, 0) is 0 Å². The molecule has 0 aliphatic rings. The van der Waals surface area contributed by atoms with Crippen LogP contribution in [0.5, 0.6) is 5.75 Å². The molecule has 2 heteroatoms. The van der Waals surface area contributed by atoms with Crippen molar-refractivity contribution >= 4 is 5.78 Å². The first-order valence-electron chi connectivity index (χ1n) is 15.2. The summed E-state index contributed by atoms with van der Waals surface area (Å²) in [5.74, 6) is 1.42. The van der Waals surface area contributed by atoms with Gasteiger partial charge in [0, 0.05) is 11.1 Å². The van der Waals surface area contributed by atoms with E-state index in [2.05, 4.69) is 93.6 Å². The Kier molecular flexibility index (Phi) is 9.66. The molecule has 0 amide bonds. The van der Waals surface area contributed by atoms with Gasteiger partial charge in [0.1, 0.15) is 5.75 Å². The molecule has 0 aromatic heterocycles. The fourth-order valence-electron chi connectivity index (χ4n) is 5.25. The van der Waals surface area contributed by atoms with Gasteiger partial charge >= 0.3 is 0 Å². The van der Waals surface area contributed by atoms with Crippen LogP contribution in [0.25, 0.3) is 33.4 Å². The molecule has 42 heavy (non-hydrogen) atoms. The van der Waals surface area contributed by atoms with Crippen LogP contribution in [0.2, 0.25) is 0 Å². The molecule has 5 aromatic carbocycles. The van der Waals surface area contributed by atoms with Crippen molar-refractivity contribution in [2.75, 3.05) is 6.61 Å². The smallest absolute Gasteiger partial charge is 0.193 e. The molecule has 0 aliphatic heterocycles. The van der Waals surface area contributed by atoms with Gasteiger partial charge in [0.05, 0.1) is 6.61 Å². The first-order valence-corrected chi connectivity index (χ1v) is 15.2. The largest absolute Gasteiger partial charge is 0.493 e. The second-order valence-electron chi connectivity index (χ2n) is 11.2. The van der Waals surface area contributed by atoms with Gasteiger partial charge in [-0.05, 0) is 76.9 Å². The van der Waals surface area contributed by atoms with Crippen molar-refractivity contribution in [3.63, 3.8) is 0 Å². The fourth-order valence-corrected chi connectivity index (χ4v) is 5.25. The highest BCUT2D eigenvalue weighted by molar-refractivity contribution is 6.09. The lowest BCUT2D eigenvalue weighted by Crippen LogP contribution is -2.11. The average molecular weight is 553 g/mol. The quantitative estimate of drug-likeness (QED) is 0.144. The van der Waals surface area contributed by atoms with Crippen molar-refractivity contribution in [3.05, 3.63) is 138 Å². The molecule has 2 nitrogen and oxygen atoms in total. The number of ether oxygens (including phenoxy) is 1. The van der Waals surface area contributed by atoms with E-state index in [1.54, 1.807) is 0 Å². The van der Waals surface area contributed by atoms with Crippen LogP contribution in [0.15, 0.2) is 121 Å². The summed E-state index contributed by atoms with van der Waals surface area (Å²) in [5.41, 5.74) is 9.66. The predicted octanol–water partition coefficient (Wildman–Crippen LogP) is 10.8. The fraction of sp³-hybridized carbons (Fsp3) is 0.225. The highest BCUT2D eigenvalue weighted by atomic mass is 16.5. The third-order valence-electron chi connectivity index (χ3n) is 8.11. The molecule has 0 radical (unpaired) electrons. The van der Waals surface area contributed by atoms with Gasteiger partial charge in [0.15, 0.2) is 5.78 Å². The van der Waals surface area contributed by atoms with Gasteiger partial charge in [0.25, 0.3) is 0 Å². The van der Waals surface area contributed by atoms with E-state index in [4.69, 9.17) is 4.74 Å². The zero-order valence-electron chi connectivity index (χ0n) is 25.0. The van der Waals surface area contributed by atoms with Gasteiger partial charge < -0.3 is 4.74 Å². The van der Waals surface area contributed by atoms with E-state index in [1.165, 1.54) is 47.1 Å². The molecule has 212 valence electrons. The zero-order valence-corrected chi connectivity index (χ0v) is 25.0. The maximum atomic E-state index is 13.1. The van der Waals surface area contributed by atoms with Crippen LogP contribution >= 0.6 is 0 Å². The van der Waals surface area contributed by atoms with Crippen LogP contribution in [0, 0.1) is 12.8 Å². The zero-order chi connectivity index (χ0) is 29.3. The van der Waals surface area contributed by atoms with Crippen LogP contribution in [0.3, 0.4) is 0 Å². The van der Waals surface area contributed by atoms with E-state index in [0.29, 0.717) is 17.0 Å². The highest BCUT2D eigenvalue weighted by Gasteiger charge is 2.11. The third-order valence-corrected chi connectivity index (χ3v) is 8.11. The van der Waals surface area contributed by atoms with E-state index in [1.807, 2.05) is 48.5 Å². The molecule has 0 bridgehead atoms. The number of benzene rings is 5. The van der Waals surface area contributed by atoms with Gasteiger partial charge in [-0.1, -0.05) is 136 Å². The second-order valence-corrected chi connectivity index (χ2v) is 11.2. The minimum absolute atomic E-state index is 0.0203. The average Bonchev–Trinajstić information content (AvgIpc) is 3.05. The van der Waals surface area contributed by atoms with Crippen molar-refractivity contribution in [2.24, 2.45) is 5.92 Å². The molecule has 0 saturated heterocycles. The molecule has 0 heterocycles. The number of hydrogen-bond donors (Lipinski definition) is 0. The van der Waals surface area contributed by atoms with Gasteiger partial charge in [-0.15, -0.1) is 0 Å². The van der Waals surface area contributed by atoms with E-state index >= 15 is 0 Å². The summed E-state index contributed by atoms with van der Waals surface area (Å²) >= 11 is 0. The summed E-state index contributed by atoms with van der Waals surface area (Å²) in [6.45, 7) is 7.28. The Balaban J connectivity index is 1.20. The number of unbranched alkanes of at least 4 members (excludes halogenated alkanes) is 1. The lowest BCUT2D eigenvalue weighted by atomic mass is 9.96. The van der Waals surface area contributed by atoms with E-state index in [0.717, 1.165) is 29.9 Å². The maximum absolute atomic E-state index is 13.1. The Labute approximate surface area is 251 Å². The molecule has 0 saturated carbocycles. The molecule has 5 rings (SSSR count). The summed E-state index contributed by atoms with van der Waals surface area (Å²) in [6.07, 6.45) is 4.78. The maximum Gasteiger partial charge on any atom is 0.193 e. The minimum Gasteiger partial charge on any atom is -0.493 e. The Morgan fingerprint density at radius 1 is 0.571 bits per heavy atom. The van der Waals surface area contributed by atoms with Crippen molar-refractivity contribution in [1.29, 1.82) is 0 Å². The van der Waals surface area contributed by atoms with Crippen molar-refractivity contribution in [3.8, 4) is 39.1 Å². The molecular formula is C40H40O2. The van der Waals surface area contributed by atoms with Crippen molar-refractivity contribution in [2.45, 2.75) is 46.5 Å². The third kappa shape index (κ3) is 7.25. The van der Waals surface area contributed by atoms with Crippen molar-refractivity contribution < 1.29 is 9.53 Å². The summed E-state index contributed by atoms with van der Waals surface area (Å²) in [7, 11) is 0. The first kappa shape index (κ1) is 29.1. The number of carbonyl (C=O) groups excluding carboxylic acids is 1. The number of carbonyl (C=O) groups is 1. The highest BCUT2D eigenvalue weighted by Crippen LogP contribution is 2.28. The first-order chi connectivity index (χ1) is 20.5. The molecule has 1 unspecified atom stereocenters. The lowest BCUT2D eigenvalue weighted by Gasteiger charge is -2.15. The van der Waals surface area contributed by atoms with Crippen LogP contribution in [0.4, 0.5) is 0 Å². The second kappa shape index (κ2) is 14.0. The number of rotatable bonds is 12. The Morgan fingerprint density at radius 3 is 1.36 bits per heavy atom. The summed E-state index contributed by atoms with van der Waals surface area (Å²) < 4.78 is 6.01. The molecule has 0 aliphatic carbocycles. The summed E-state index contributed by atoms with van der Waals surface area (Å²) in [5, 5.41) is 0. The number of hydrogen-bond acceptors (Lipinski definition) is 2. The predicted molar refractivity (Wildman–Crippen MR) is 176 cm³/mol. The minimum atomic E-state index is 0.0203. The molecule has 1 atom stereocenters. The van der Waals surface area contributed by atoms with Crippen LogP contribution in [-0.4, -0.2) is 12.4 Å². The van der Waals surface area contributed by atoms with Crippen LogP contribution < -0.4 is 4.74 Å². The van der Waals surface area contributed by atoms with E-state index < -0.39 is 0 Å². The van der Waals surface area contributed by atoms with Crippen LogP contribution in [0.1, 0.15) is 61.0 Å². The van der Waals surface area contributed by atoms with Gasteiger partial charge in [-0.25, -0.2) is 0 Å². The number of aryl methyl sites for hydroxylation is 1. The molecule has 5 aromatic rings. The normalized spacial score (nSPS) is 11.7. The Bertz CT molecular complexity index is 1560.